The third kappa shape index (κ3) is 4.38. The first-order valence-corrected chi connectivity index (χ1v) is 16.8. The van der Waals surface area contributed by atoms with E-state index in [2.05, 4.69) is 180 Å². The Morgan fingerprint density at radius 3 is 1.29 bits per heavy atom. The summed E-state index contributed by atoms with van der Waals surface area (Å²) in [6.45, 7) is 0. The maximum atomic E-state index is 4.78. The first-order chi connectivity index (χ1) is 24.3. The predicted octanol–water partition coefficient (Wildman–Crippen LogP) is 12.6. The van der Waals surface area contributed by atoms with Crippen LogP contribution in [0.3, 0.4) is 0 Å². The number of aromatic nitrogens is 2. The summed E-state index contributed by atoms with van der Waals surface area (Å²) in [7, 11) is 0. The molecular formula is C47H30N2. The molecule has 228 valence electrons. The van der Waals surface area contributed by atoms with Gasteiger partial charge in [-0.25, -0.2) is 0 Å². The van der Waals surface area contributed by atoms with Gasteiger partial charge in [0.25, 0.3) is 0 Å². The van der Waals surface area contributed by atoms with Gasteiger partial charge in [-0.05, 0) is 79.5 Å². The van der Waals surface area contributed by atoms with Gasteiger partial charge in [-0.1, -0.05) is 146 Å². The van der Waals surface area contributed by atoms with Gasteiger partial charge in [0.15, 0.2) is 0 Å². The van der Waals surface area contributed by atoms with Crippen LogP contribution in [-0.2, 0) is 0 Å². The smallest absolute Gasteiger partial charge is 0.0708 e. The third-order valence-electron chi connectivity index (χ3n) is 10.0. The SMILES string of the molecule is c1ccc2cc(-c3ccc(-c4c5ccccc5c(-c5ccc(-n6c7ccccc7c7ccccc76)cc5)c5ccccc45)cc3)ncc2c1. The molecule has 0 radical (unpaired) electrons. The van der Waals surface area contributed by atoms with Crippen molar-refractivity contribution >= 4 is 54.1 Å². The van der Waals surface area contributed by atoms with Crippen LogP contribution >= 0.6 is 0 Å². The predicted molar refractivity (Wildman–Crippen MR) is 207 cm³/mol. The number of pyridine rings is 1. The zero-order chi connectivity index (χ0) is 32.3. The van der Waals surface area contributed by atoms with Crippen molar-refractivity contribution in [2.24, 2.45) is 0 Å². The van der Waals surface area contributed by atoms with Gasteiger partial charge in [-0.3, -0.25) is 4.98 Å². The van der Waals surface area contributed by atoms with Gasteiger partial charge in [-0.15, -0.1) is 0 Å². The molecule has 0 bridgehead atoms. The maximum absolute atomic E-state index is 4.78. The van der Waals surface area contributed by atoms with Crippen LogP contribution in [0.25, 0.3) is 93.3 Å². The molecule has 8 aromatic carbocycles. The summed E-state index contributed by atoms with van der Waals surface area (Å²) in [6, 6.07) is 63.7. The Hall–Kier alpha value is -6.51. The van der Waals surface area contributed by atoms with Crippen molar-refractivity contribution in [3.05, 3.63) is 182 Å². The lowest BCUT2D eigenvalue weighted by Gasteiger charge is -2.18. The van der Waals surface area contributed by atoms with Crippen molar-refractivity contribution in [1.29, 1.82) is 0 Å². The van der Waals surface area contributed by atoms with Crippen molar-refractivity contribution in [1.82, 2.24) is 9.55 Å². The zero-order valence-corrected chi connectivity index (χ0v) is 26.7. The Bertz CT molecular complexity index is 2750. The molecule has 0 saturated heterocycles. The number of para-hydroxylation sites is 2. The molecule has 0 unspecified atom stereocenters. The van der Waals surface area contributed by atoms with E-state index < -0.39 is 0 Å². The molecule has 0 fully saturated rings. The topological polar surface area (TPSA) is 17.8 Å². The highest BCUT2D eigenvalue weighted by atomic mass is 15.0. The zero-order valence-electron chi connectivity index (χ0n) is 26.7. The summed E-state index contributed by atoms with van der Waals surface area (Å²) in [5, 5.41) is 9.91. The van der Waals surface area contributed by atoms with E-state index in [9.17, 15) is 0 Å². The van der Waals surface area contributed by atoms with Crippen molar-refractivity contribution < 1.29 is 0 Å². The minimum absolute atomic E-state index is 0.986. The minimum Gasteiger partial charge on any atom is -0.309 e. The van der Waals surface area contributed by atoms with Gasteiger partial charge in [0.05, 0.1) is 16.7 Å². The van der Waals surface area contributed by atoms with Crippen molar-refractivity contribution in [3.8, 4) is 39.2 Å². The number of hydrogen-bond donors (Lipinski definition) is 0. The number of hydrogen-bond acceptors (Lipinski definition) is 1. The maximum Gasteiger partial charge on any atom is 0.0708 e. The van der Waals surface area contributed by atoms with E-state index in [0.29, 0.717) is 0 Å². The summed E-state index contributed by atoms with van der Waals surface area (Å²) < 4.78 is 2.38. The average molecular weight is 623 g/mol. The quantitative estimate of drug-likeness (QED) is 0.179. The molecule has 0 spiro atoms. The number of rotatable bonds is 4. The van der Waals surface area contributed by atoms with Crippen LogP contribution < -0.4 is 0 Å². The summed E-state index contributed by atoms with van der Waals surface area (Å²) in [6.07, 6.45) is 1.97. The number of nitrogens with zero attached hydrogens (tertiary/aromatic N) is 2. The highest BCUT2D eigenvalue weighted by Gasteiger charge is 2.17. The standard InChI is InChI=1S/C47H30N2/c1-2-12-35-30-48-43(29-34(35)11-1)31-21-23-32(24-22-31)46-39-15-3-5-17-41(39)47(42-18-6-4-16-40(42)46)33-25-27-36(28-26-33)49-44-19-9-7-13-37(44)38-14-8-10-20-45(38)49/h1-30H. The fourth-order valence-electron chi connectivity index (χ4n) is 7.78. The largest absolute Gasteiger partial charge is 0.309 e. The number of fused-ring (bicyclic) bond motifs is 6. The second-order valence-electron chi connectivity index (χ2n) is 12.8. The van der Waals surface area contributed by atoms with Gasteiger partial charge in [0.2, 0.25) is 0 Å². The highest BCUT2D eigenvalue weighted by molar-refractivity contribution is 6.21. The minimum atomic E-state index is 0.986. The van der Waals surface area contributed by atoms with Gasteiger partial charge < -0.3 is 4.57 Å². The molecule has 0 aliphatic rings. The van der Waals surface area contributed by atoms with Gasteiger partial charge in [0.1, 0.15) is 0 Å². The van der Waals surface area contributed by atoms with E-state index in [4.69, 9.17) is 4.98 Å². The molecule has 2 nitrogen and oxygen atoms in total. The Kier molecular flexibility index (Phi) is 6.22. The van der Waals surface area contributed by atoms with Crippen molar-refractivity contribution in [2.45, 2.75) is 0 Å². The molecular weight excluding hydrogens is 593 g/mol. The average Bonchev–Trinajstić information content (AvgIpc) is 3.51. The molecule has 49 heavy (non-hydrogen) atoms. The van der Waals surface area contributed by atoms with Crippen molar-refractivity contribution in [2.75, 3.05) is 0 Å². The Balaban J connectivity index is 1.12. The molecule has 0 N–H and O–H groups in total. The summed E-state index contributed by atoms with van der Waals surface area (Å²) in [5.41, 5.74) is 10.6. The highest BCUT2D eigenvalue weighted by Crippen LogP contribution is 2.44. The van der Waals surface area contributed by atoms with Crippen LogP contribution in [0.5, 0.6) is 0 Å². The van der Waals surface area contributed by atoms with Gasteiger partial charge in [-0.2, -0.15) is 0 Å². The fourth-order valence-corrected chi connectivity index (χ4v) is 7.78. The normalized spacial score (nSPS) is 11.7. The van der Waals surface area contributed by atoms with Gasteiger partial charge in [0, 0.05) is 33.6 Å². The monoisotopic (exact) mass is 622 g/mol. The first kappa shape index (κ1) is 27.6. The van der Waals surface area contributed by atoms with Crippen LogP contribution in [-0.4, -0.2) is 9.55 Å². The van der Waals surface area contributed by atoms with Crippen LogP contribution in [0.1, 0.15) is 0 Å². The Labute approximate surface area is 284 Å². The van der Waals surface area contributed by atoms with E-state index in [1.165, 1.54) is 71.0 Å². The van der Waals surface area contributed by atoms with Gasteiger partial charge >= 0.3 is 0 Å². The second-order valence-corrected chi connectivity index (χ2v) is 12.8. The van der Waals surface area contributed by atoms with E-state index in [-0.39, 0.29) is 0 Å². The molecule has 0 atom stereocenters. The Morgan fingerprint density at radius 1 is 0.347 bits per heavy atom. The van der Waals surface area contributed by atoms with E-state index in [1.807, 2.05) is 6.20 Å². The van der Waals surface area contributed by atoms with Crippen LogP contribution in [0.2, 0.25) is 0 Å². The summed E-state index contributed by atoms with van der Waals surface area (Å²) in [4.78, 5) is 4.78. The Morgan fingerprint density at radius 2 is 0.755 bits per heavy atom. The molecule has 0 saturated carbocycles. The molecule has 0 aliphatic carbocycles. The fraction of sp³-hybridized carbons (Fsp3) is 0. The van der Waals surface area contributed by atoms with Crippen molar-refractivity contribution in [3.63, 3.8) is 0 Å². The van der Waals surface area contributed by atoms with Crippen LogP contribution in [0.4, 0.5) is 0 Å². The molecule has 10 rings (SSSR count). The molecule has 2 heteroatoms. The second kappa shape index (κ2) is 11.0. The van der Waals surface area contributed by atoms with Crippen LogP contribution in [0, 0.1) is 0 Å². The van der Waals surface area contributed by atoms with E-state index in [0.717, 1.165) is 22.3 Å². The lowest BCUT2D eigenvalue weighted by molar-refractivity contribution is 1.18. The molecule has 0 amide bonds. The third-order valence-corrected chi connectivity index (χ3v) is 10.0. The lowest BCUT2D eigenvalue weighted by Crippen LogP contribution is -1.94. The van der Waals surface area contributed by atoms with E-state index >= 15 is 0 Å². The summed E-state index contributed by atoms with van der Waals surface area (Å²) >= 11 is 0. The van der Waals surface area contributed by atoms with Crippen LogP contribution in [0.15, 0.2) is 182 Å². The molecule has 10 aromatic rings. The summed E-state index contributed by atoms with van der Waals surface area (Å²) in [5.74, 6) is 0. The first-order valence-electron chi connectivity index (χ1n) is 16.8. The molecule has 0 aliphatic heterocycles. The molecule has 2 aromatic heterocycles. The number of benzene rings is 8. The van der Waals surface area contributed by atoms with E-state index in [1.54, 1.807) is 0 Å². The molecule has 2 heterocycles. The lowest BCUT2D eigenvalue weighted by atomic mass is 9.86.